The predicted molar refractivity (Wildman–Crippen MR) is 96.8 cm³/mol. The van der Waals surface area contributed by atoms with Crippen LogP contribution in [0.15, 0.2) is 41.7 Å². The second kappa shape index (κ2) is 8.41. The smallest absolute Gasteiger partial charge is 0.231 e. The van der Waals surface area contributed by atoms with Gasteiger partial charge < -0.3 is 20.1 Å². The maximum atomic E-state index is 5.41. The zero-order chi connectivity index (χ0) is 17.5. The summed E-state index contributed by atoms with van der Waals surface area (Å²) in [6.45, 7) is 7.65. The summed E-state index contributed by atoms with van der Waals surface area (Å²) in [7, 11) is 0. The van der Waals surface area contributed by atoms with Crippen LogP contribution in [-0.4, -0.2) is 35.6 Å². The standard InChI is InChI=1S/C18H25N5O2/c1-3-19-18(20-10-14(2)12-23-8-4-7-22-23)21-11-15-5-6-16-17(9-15)25-13-24-16/h4-9,14H,3,10-13H2,1-2H3,(H2,19,20,21). The van der Waals surface area contributed by atoms with Gasteiger partial charge in [-0.1, -0.05) is 13.0 Å². The van der Waals surface area contributed by atoms with Crippen LogP contribution in [0.2, 0.25) is 0 Å². The molecule has 3 rings (SSSR count). The van der Waals surface area contributed by atoms with E-state index < -0.39 is 0 Å². The highest BCUT2D eigenvalue weighted by Crippen LogP contribution is 2.32. The maximum Gasteiger partial charge on any atom is 0.231 e. The Morgan fingerprint density at radius 2 is 2.20 bits per heavy atom. The van der Waals surface area contributed by atoms with E-state index in [2.05, 4.69) is 34.6 Å². The Morgan fingerprint density at radius 3 is 3.00 bits per heavy atom. The lowest BCUT2D eigenvalue weighted by atomic mass is 10.2. The summed E-state index contributed by atoms with van der Waals surface area (Å²) in [6.07, 6.45) is 3.78. The van der Waals surface area contributed by atoms with Gasteiger partial charge in [0.15, 0.2) is 17.5 Å². The average Bonchev–Trinajstić information content (AvgIpc) is 3.28. The van der Waals surface area contributed by atoms with E-state index in [0.29, 0.717) is 19.3 Å². The van der Waals surface area contributed by atoms with Gasteiger partial charge in [-0.3, -0.25) is 4.68 Å². The van der Waals surface area contributed by atoms with Crippen LogP contribution in [0.5, 0.6) is 11.5 Å². The van der Waals surface area contributed by atoms with E-state index in [0.717, 1.165) is 42.7 Å². The summed E-state index contributed by atoms with van der Waals surface area (Å²) in [5.41, 5.74) is 1.09. The van der Waals surface area contributed by atoms with E-state index in [1.807, 2.05) is 35.1 Å². The lowest BCUT2D eigenvalue weighted by Crippen LogP contribution is -2.40. The second-order valence-corrected chi connectivity index (χ2v) is 6.10. The lowest BCUT2D eigenvalue weighted by Gasteiger charge is -2.16. The highest BCUT2D eigenvalue weighted by molar-refractivity contribution is 5.79. The Morgan fingerprint density at radius 1 is 1.32 bits per heavy atom. The average molecular weight is 343 g/mol. The molecule has 2 heterocycles. The Balaban J connectivity index is 1.53. The number of ether oxygens (including phenoxy) is 2. The number of aromatic nitrogens is 2. The summed E-state index contributed by atoms with van der Waals surface area (Å²) >= 11 is 0. The van der Waals surface area contributed by atoms with E-state index in [9.17, 15) is 0 Å². The topological polar surface area (TPSA) is 72.7 Å². The van der Waals surface area contributed by atoms with Gasteiger partial charge in [-0.05, 0) is 36.6 Å². The minimum absolute atomic E-state index is 0.292. The first kappa shape index (κ1) is 17.1. The molecule has 0 radical (unpaired) electrons. The van der Waals surface area contributed by atoms with Crippen molar-refractivity contribution in [2.24, 2.45) is 10.9 Å². The van der Waals surface area contributed by atoms with Gasteiger partial charge >= 0.3 is 0 Å². The quantitative estimate of drug-likeness (QED) is 0.594. The Bertz CT molecular complexity index is 699. The van der Waals surface area contributed by atoms with Crippen LogP contribution in [0.25, 0.3) is 0 Å². The molecule has 0 spiro atoms. The first-order valence-corrected chi connectivity index (χ1v) is 8.62. The third kappa shape index (κ3) is 4.89. The van der Waals surface area contributed by atoms with E-state index >= 15 is 0 Å². The summed E-state index contributed by atoms with van der Waals surface area (Å²) < 4.78 is 12.7. The molecule has 0 saturated carbocycles. The van der Waals surface area contributed by atoms with Crippen molar-refractivity contribution in [1.29, 1.82) is 0 Å². The van der Waals surface area contributed by atoms with Crippen LogP contribution in [0, 0.1) is 5.92 Å². The van der Waals surface area contributed by atoms with E-state index in [-0.39, 0.29) is 0 Å². The number of nitrogens with one attached hydrogen (secondary N) is 2. The first-order valence-electron chi connectivity index (χ1n) is 8.62. The van der Waals surface area contributed by atoms with Crippen molar-refractivity contribution in [1.82, 2.24) is 20.4 Å². The zero-order valence-corrected chi connectivity index (χ0v) is 14.7. The molecule has 1 aliphatic rings. The molecular weight excluding hydrogens is 318 g/mol. The highest BCUT2D eigenvalue weighted by Gasteiger charge is 2.13. The molecule has 1 aromatic heterocycles. The summed E-state index contributed by atoms with van der Waals surface area (Å²) in [6, 6.07) is 7.87. The number of benzene rings is 1. The minimum Gasteiger partial charge on any atom is -0.454 e. The van der Waals surface area contributed by atoms with Gasteiger partial charge in [-0.15, -0.1) is 0 Å². The van der Waals surface area contributed by atoms with Gasteiger partial charge in [0.1, 0.15) is 0 Å². The zero-order valence-electron chi connectivity index (χ0n) is 14.7. The molecule has 25 heavy (non-hydrogen) atoms. The SMILES string of the molecule is CCNC(=NCc1ccc2c(c1)OCO2)NCC(C)Cn1cccn1. The second-order valence-electron chi connectivity index (χ2n) is 6.10. The normalized spacial score (nSPS) is 14.4. The number of fused-ring (bicyclic) bond motifs is 1. The van der Waals surface area contributed by atoms with Crippen molar-refractivity contribution in [3.63, 3.8) is 0 Å². The van der Waals surface area contributed by atoms with Crippen molar-refractivity contribution in [2.75, 3.05) is 19.9 Å². The fourth-order valence-electron chi connectivity index (χ4n) is 2.61. The summed E-state index contributed by atoms with van der Waals surface area (Å²) in [4.78, 5) is 4.65. The number of nitrogens with zero attached hydrogens (tertiary/aromatic N) is 3. The molecule has 1 aliphatic heterocycles. The van der Waals surface area contributed by atoms with Crippen molar-refractivity contribution >= 4 is 5.96 Å². The molecule has 1 atom stereocenters. The molecule has 0 amide bonds. The van der Waals surface area contributed by atoms with Gasteiger partial charge in [0.2, 0.25) is 6.79 Å². The summed E-state index contributed by atoms with van der Waals surface area (Å²) in [5, 5.41) is 10.9. The lowest BCUT2D eigenvalue weighted by molar-refractivity contribution is 0.174. The monoisotopic (exact) mass is 343 g/mol. The van der Waals surface area contributed by atoms with E-state index in [4.69, 9.17) is 9.47 Å². The Labute approximate surface area is 148 Å². The van der Waals surface area contributed by atoms with Crippen LogP contribution < -0.4 is 20.1 Å². The highest BCUT2D eigenvalue weighted by atomic mass is 16.7. The third-order valence-corrected chi connectivity index (χ3v) is 3.88. The molecule has 0 bridgehead atoms. The molecule has 0 fully saturated rings. The first-order chi connectivity index (χ1) is 12.2. The van der Waals surface area contributed by atoms with E-state index in [1.54, 1.807) is 6.20 Å². The van der Waals surface area contributed by atoms with Crippen LogP contribution in [-0.2, 0) is 13.1 Å². The molecular formula is C18H25N5O2. The molecule has 0 aliphatic carbocycles. The Kier molecular flexibility index (Phi) is 5.77. The fourth-order valence-corrected chi connectivity index (χ4v) is 2.61. The van der Waals surface area contributed by atoms with Gasteiger partial charge in [-0.2, -0.15) is 5.10 Å². The molecule has 134 valence electrons. The van der Waals surface area contributed by atoms with Crippen molar-refractivity contribution in [3.05, 3.63) is 42.2 Å². The van der Waals surface area contributed by atoms with Crippen molar-refractivity contribution < 1.29 is 9.47 Å². The maximum absolute atomic E-state index is 5.41. The summed E-state index contributed by atoms with van der Waals surface area (Å²) in [5.74, 6) is 2.84. The van der Waals surface area contributed by atoms with Crippen LogP contribution >= 0.6 is 0 Å². The van der Waals surface area contributed by atoms with Crippen molar-refractivity contribution in [2.45, 2.75) is 26.9 Å². The Hall–Kier alpha value is -2.70. The molecule has 0 saturated heterocycles. The fraction of sp³-hybridized carbons (Fsp3) is 0.444. The predicted octanol–water partition coefficient (Wildman–Crippen LogP) is 2.00. The van der Waals surface area contributed by atoms with Gasteiger partial charge in [0, 0.05) is 32.0 Å². The van der Waals surface area contributed by atoms with Gasteiger partial charge in [0.25, 0.3) is 0 Å². The van der Waals surface area contributed by atoms with Gasteiger partial charge in [-0.25, -0.2) is 4.99 Å². The molecule has 7 nitrogen and oxygen atoms in total. The van der Waals surface area contributed by atoms with Crippen LogP contribution in [0.3, 0.4) is 0 Å². The van der Waals surface area contributed by atoms with Gasteiger partial charge in [0.05, 0.1) is 6.54 Å². The number of aliphatic imine (C=N–C) groups is 1. The molecule has 1 aromatic carbocycles. The molecule has 2 N–H and O–H groups in total. The number of guanidine groups is 1. The number of hydrogen-bond donors (Lipinski definition) is 2. The van der Waals surface area contributed by atoms with Crippen LogP contribution in [0.1, 0.15) is 19.4 Å². The van der Waals surface area contributed by atoms with Crippen LogP contribution in [0.4, 0.5) is 0 Å². The van der Waals surface area contributed by atoms with E-state index in [1.165, 1.54) is 0 Å². The minimum atomic E-state index is 0.292. The largest absolute Gasteiger partial charge is 0.454 e. The molecule has 2 aromatic rings. The number of rotatable bonds is 7. The molecule has 1 unspecified atom stereocenters. The third-order valence-electron chi connectivity index (χ3n) is 3.88. The van der Waals surface area contributed by atoms with Crippen molar-refractivity contribution in [3.8, 4) is 11.5 Å². The number of hydrogen-bond acceptors (Lipinski definition) is 4. The molecule has 7 heteroatoms.